The highest BCUT2D eigenvalue weighted by Crippen LogP contribution is 2.39. The van der Waals surface area contributed by atoms with Gasteiger partial charge in [-0.05, 0) is 25.7 Å². The van der Waals surface area contributed by atoms with Crippen LogP contribution in [0, 0.1) is 16.7 Å². The molecule has 0 spiro atoms. The minimum atomic E-state index is -0.0501. The van der Waals surface area contributed by atoms with Gasteiger partial charge in [0.05, 0.1) is 11.8 Å². The lowest BCUT2D eigenvalue weighted by atomic mass is 9.81. The van der Waals surface area contributed by atoms with Gasteiger partial charge in [0.25, 0.3) is 0 Å². The minimum absolute atomic E-state index is 0.0310. The summed E-state index contributed by atoms with van der Waals surface area (Å²) >= 11 is 0. The van der Waals surface area contributed by atoms with E-state index in [1.54, 1.807) is 4.90 Å². The highest BCUT2D eigenvalue weighted by Gasteiger charge is 2.50. The van der Waals surface area contributed by atoms with Crippen molar-refractivity contribution in [3.8, 4) is 0 Å². The molecular formula is C14H21N3O3. The van der Waals surface area contributed by atoms with Crippen molar-refractivity contribution in [1.82, 2.24) is 9.80 Å². The maximum absolute atomic E-state index is 12.5. The SMILES string of the molecule is O=NCN1CCC(N2C(=O)C3CCCCC3C2=O)CC1. The van der Waals surface area contributed by atoms with Crippen LogP contribution < -0.4 is 0 Å². The van der Waals surface area contributed by atoms with E-state index in [9.17, 15) is 14.5 Å². The third kappa shape index (κ3) is 2.26. The van der Waals surface area contributed by atoms with Crippen LogP contribution in [0.15, 0.2) is 5.18 Å². The Labute approximate surface area is 118 Å². The Balaban J connectivity index is 1.67. The molecule has 2 saturated heterocycles. The van der Waals surface area contributed by atoms with E-state index in [1.807, 2.05) is 4.90 Å². The molecule has 0 aromatic heterocycles. The second-order valence-electron chi connectivity index (χ2n) is 6.16. The molecule has 1 saturated carbocycles. The standard InChI is InChI=1S/C14H21N3O3/c18-13-11-3-1-2-4-12(11)14(19)17(13)10-5-7-16(8-6-10)9-15-20/h10-12H,1-9H2. The lowest BCUT2D eigenvalue weighted by molar-refractivity contribution is -0.143. The highest BCUT2D eigenvalue weighted by molar-refractivity contribution is 6.05. The Kier molecular flexibility index (Phi) is 3.83. The van der Waals surface area contributed by atoms with Gasteiger partial charge in [0, 0.05) is 19.1 Å². The molecule has 6 nitrogen and oxygen atoms in total. The van der Waals surface area contributed by atoms with Gasteiger partial charge in [-0.3, -0.25) is 19.4 Å². The molecule has 0 aromatic carbocycles. The fourth-order valence-corrected chi connectivity index (χ4v) is 3.95. The molecule has 2 aliphatic heterocycles. The zero-order chi connectivity index (χ0) is 14.1. The average molecular weight is 279 g/mol. The minimum Gasteiger partial charge on any atom is -0.281 e. The van der Waals surface area contributed by atoms with E-state index in [0.717, 1.165) is 51.6 Å². The van der Waals surface area contributed by atoms with Crippen LogP contribution in [-0.2, 0) is 9.59 Å². The maximum Gasteiger partial charge on any atom is 0.233 e. The number of hydrogen-bond donors (Lipinski definition) is 0. The molecule has 20 heavy (non-hydrogen) atoms. The van der Waals surface area contributed by atoms with Crippen molar-refractivity contribution < 1.29 is 9.59 Å². The van der Waals surface area contributed by atoms with Crippen LogP contribution in [0.5, 0.6) is 0 Å². The summed E-state index contributed by atoms with van der Waals surface area (Å²) in [4.78, 5) is 38.8. The summed E-state index contributed by atoms with van der Waals surface area (Å²) in [6, 6.07) is 0.0310. The summed E-state index contributed by atoms with van der Waals surface area (Å²) in [7, 11) is 0. The van der Waals surface area contributed by atoms with E-state index in [0.29, 0.717) is 0 Å². The van der Waals surface area contributed by atoms with Gasteiger partial charge < -0.3 is 0 Å². The second kappa shape index (κ2) is 5.60. The van der Waals surface area contributed by atoms with Crippen LogP contribution in [0.25, 0.3) is 0 Å². The van der Waals surface area contributed by atoms with E-state index in [1.165, 1.54) is 0 Å². The lowest BCUT2D eigenvalue weighted by Crippen LogP contribution is -2.47. The first-order valence-electron chi connectivity index (χ1n) is 7.60. The third-order valence-electron chi connectivity index (χ3n) is 5.06. The average Bonchev–Trinajstić information content (AvgIpc) is 2.73. The summed E-state index contributed by atoms with van der Waals surface area (Å²) in [5, 5.41) is 2.90. The Morgan fingerprint density at radius 1 is 0.950 bits per heavy atom. The van der Waals surface area contributed by atoms with Crippen molar-refractivity contribution in [2.75, 3.05) is 19.8 Å². The van der Waals surface area contributed by atoms with Gasteiger partial charge in [0.2, 0.25) is 11.8 Å². The predicted octanol–water partition coefficient (Wildman–Crippen LogP) is 1.35. The summed E-state index contributed by atoms with van der Waals surface area (Å²) in [6.07, 6.45) is 5.42. The largest absolute Gasteiger partial charge is 0.281 e. The fraction of sp³-hybridized carbons (Fsp3) is 0.857. The van der Waals surface area contributed by atoms with Crippen molar-refractivity contribution in [3.05, 3.63) is 4.91 Å². The molecular weight excluding hydrogens is 258 g/mol. The van der Waals surface area contributed by atoms with Gasteiger partial charge in [-0.1, -0.05) is 18.0 Å². The number of piperidine rings is 1. The number of carbonyl (C=O) groups excluding carboxylic acids is 2. The molecule has 1 aliphatic carbocycles. The van der Waals surface area contributed by atoms with Gasteiger partial charge in [-0.15, -0.1) is 4.91 Å². The first-order valence-corrected chi connectivity index (χ1v) is 7.60. The molecule has 3 rings (SSSR count). The topological polar surface area (TPSA) is 70.1 Å². The second-order valence-corrected chi connectivity index (χ2v) is 6.16. The van der Waals surface area contributed by atoms with E-state index in [2.05, 4.69) is 5.18 Å². The number of likely N-dealkylation sites (tertiary alicyclic amines) is 2. The molecule has 0 aromatic rings. The normalized spacial score (nSPS) is 32.5. The molecule has 2 heterocycles. The van der Waals surface area contributed by atoms with Gasteiger partial charge in [-0.25, -0.2) is 0 Å². The van der Waals surface area contributed by atoms with E-state index in [4.69, 9.17) is 0 Å². The van der Waals surface area contributed by atoms with Gasteiger partial charge >= 0.3 is 0 Å². The number of rotatable bonds is 3. The molecule has 3 aliphatic rings. The van der Waals surface area contributed by atoms with Crippen LogP contribution in [-0.4, -0.2) is 47.4 Å². The zero-order valence-corrected chi connectivity index (χ0v) is 11.7. The maximum atomic E-state index is 12.5. The number of amides is 2. The summed E-state index contributed by atoms with van der Waals surface area (Å²) < 4.78 is 0. The van der Waals surface area contributed by atoms with Crippen LogP contribution in [0.1, 0.15) is 38.5 Å². The fourth-order valence-electron chi connectivity index (χ4n) is 3.95. The number of carbonyl (C=O) groups is 2. The number of fused-ring (bicyclic) bond motifs is 1. The zero-order valence-electron chi connectivity index (χ0n) is 11.7. The van der Waals surface area contributed by atoms with E-state index in [-0.39, 0.29) is 36.4 Å². The molecule has 2 atom stereocenters. The lowest BCUT2D eigenvalue weighted by Gasteiger charge is -2.34. The van der Waals surface area contributed by atoms with Crippen LogP contribution in [0.4, 0.5) is 0 Å². The summed E-state index contributed by atoms with van der Waals surface area (Å²) in [5.74, 6) is 0.0233. The monoisotopic (exact) mass is 279 g/mol. The molecule has 0 bridgehead atoms. The smallest absolute Gasteiger partial charge is 0.233 e. The van der Waals surface area contributed by atoms with Crippen molar-refractivity contribution in [1.29, 1.82) is 0 Å². The Morgan fingerprint density at radius 3 is 2.00 bits per heavy atom. The number of hydrogen-bond acceptors (Lipinski definition) is 5. The van der Waals surface area contributed by atoms with Crippen LogP contribution >= 0.6 is 0 Å². The molecule has 0 radical (unpaired) electrons. The highest BCUT2D eigenvalue weighted by atomic mass is 16.3. The Bertz CT molecular complexity index is 394. The molecule has 3 fully saturated rings. The van der Waals surface area contributed by atoms with Crippen LogP contribution in [0.2, 0.25) is 0 Å². The van der Waals surface area contributed by atoms with Gasteiger partial charge in [0.15, 0.2) is 0 Å². The first kappa shape index (κ1) is 13.7. The predicted molar refractivity (Wildman–Crippen MR) is 72.6 cm³/mol. The summed E-state index contributed by atoms with van der Waals surface area (Å²) in [5.41, 5.74) is 0. The number of imide groups is 1. The number of nitrogens with zero attached hydrogens (tertiary/aromatic N) is 3. The van der Waals surface area contributed by atoms with E-state index < -0.39 is 0 Å². The molecule has 110 valence electrons. The Hall–Kier alpha value is -1.30. The molecule has 2 unspecified atom stereocenters. The van der Waals surface area contributed by atoms with Gasteiger partial charge in [-0.2, -0.15) is 0 Å². The van der Waals surface area contributed by atoms with Crippen molar-refractivity contribution in [2.45, 2.75) is 44.6 Å². The first-order chi connectivity index (χ1) is 9.72. The van der Waals surface area contributed by atoms with Gasteiger partial charge in [0.1, 0.15) is 6.67 Å². The van der Waals surface area contributed by atoms with Crippen molar-refractivity contribution >= 4 is 11.8 Å². The van der Waals surface area contributed by atoms with Crippen molar-refractivity contribution in [2.24, 2.45) is 17.0 Å². The van der Waals surface area contributed by atoms with E-state index >= 15 is 0 Å². The molecule has 6 heteroatoms. The summed E-state index contributed by atoms with van der Waals surface area (Å²) in [6.45, 7) is 1.69. The number of nitroso groups, excluding NO2 is 1. The molecule has 2 amide bonds. The quantitative estimate of drug-likeness (QED) is 0.577. The van der Waals surface area contributed by atoms with Crippen molar-refractivity contribution in [3.63, 3.8) is 0 Å². The molecule has 0 N–H and O–H groups in total. The Morgan fingerprint density at radius 2 is 1.50 bits per heavy atom. The van der Waals surface area contributed by atoms with Crippen LogP contribution in [0.3, 0.4) is 0 Å². The third-order valence-corrected chi connectivity index (χ3v) is 5.06.